The summed E-state index contributed by atoms with van der Waals surface area (Å²) in [6.45, 7) is 0.473. The highest BCUT2D eigenvalue weighted by atomic mass is 16.5. The molecule has 3 heteroatoms. The molecule has 0 spiro atoms. The van der Waals surface area contributed by atoms with Crippen molar-refractivity contribution >= 4 is 11.8 Å². The predicted molar refractivity (Wildman–Crippen MR) is 55.2 cm³/mol. The zero-order chi connectivity index (χ0) is 10.7. The first kappa shape index (κ1) is 10.4. The van der Waals surface area contributed by atoms with Crippen LogP contribution in [-0.2, 0) is 14.3 Å². The minimum atomic E-state index is -0.144. The van der Waals surface area contributed by atoms with Gasteiger partial charge in [-0.1, -0.05) is 12.2 Å². The predicted octanol–water partition coefficient (Wildman–Crippen LogP) is 1.86. The van der Waals surface area contributed by atoms with Gasteiger partial charge in [-0.25, -0.2) is 0 Å². The summed E-state index contributed by atoms with van der Waals surface area (Å²) in [5, 5.41) is 0. The highest BCUT2D eigenvalue weighted by Crippen LogP contribution is 2.34. The quantitative estimate of drug-likeness (QED) is 0.451. The first-order valence-electron chi connectivity index (χ1n) is 5.60. The van der Waals surface area contributed by atoms with Crippen LogP contribution in [0.3, 0.4) is 0 Å². The Hall–Kier alpha value is -1.12. The number of ketones is 1. The molecule has 2 atom stereocenters. The van der Waals surface area contributed by atoms with E-state index in [-0.39, 0.29) is 17.8 Å². The first-order valence-corrected chi connectivity index (χ1v) is 5.60. The van der Waals surface area contributed by atoms with Crippen LogP contribution in [0.25, 0.3) is 0 Å². The summed E-state index contributed by atoms with van der Waals surface area (Å²) in [5.41, 5.74) is 0. The van der Waals surface area contributed by atoms with Crippen molar-refractivity contribution in [2.24, 2.45) is 11.8 Å². The molecule has 3 nitrogen and oxygen atoms in total. The molecule has 82 valence electrons. The number of hydrogen-bond donors (Lipinski definition) is 0. The largest absolute Gasteiger partial charge is 0.465 e. The van der Waals surface area contributed by atoms with Crippen molar-refractivity contribution in [3.63, 3.8) is 0 Å². The number of ether oxygens (including phenoxy) is 1. The van der Waals surface area contributed by atoms with E-state index in [4.69, 9.17) is 4.74 Å². The van der Waals surface area contributed by atoms with E-state index >= 15 is 0 Å². The Kier molecular flexibility index (Phi) is 3.19. The van der Waals surface area contributed by atoms with Gasteiger partial charge >= 0.3 is 5.97 Å². The van der Waals surface area contributed by atoms with E-state index in [0.29, 0.717) is 25.2 Å². The fourth-order valence-corrected chi connectivity index (χ4v) is 2.42. The monoisotopic (exact) mass is 208 g/mol. The highest BCUT2D eigenvalue weighted by molar-refractivity contribution is 5.84. The number of carbonyl (C=O) groups is 2. The summed E-state index contributed by atoms with van der Waals surface area (Å²) in [5.74, 6) is 0.452. The summed E-state index contributed by atoms with van der Waals surface area (Å²) >= 11 is 0. The average molecular weight is 208 g/mol. The second-order valence-electron chi connectivity index (χ2n) is 4.29. The van der Waals surface area contributed by atoms with Crippen molar-refractivity contribution in [2.45, 2.75) is 32.1 Å². The molecular formula is C12H16O3. The van der Waals surface area contributed by atoms with E-state index in [1.807, 2.05) is 6.08 Å². The van der Waals surface area contributed by atoms with E-state index in [1.165, 1.54) is 0 Å². The van der Waals surface area contributed by atoms with Gasteiger partial charge in [0.2, 0.25) is 0 Å². The van der Waals surface area contributed by atoms with Gasteiger partial charge in [-0.3, -0.25) is 9.59 Å². The number of fused-ring (bicyclic) bond motifs is 1. The Morgan fingerprint density at radius 3 is 3.00 bits per heavy atom. The lowest BCUT2D eigenvalue weighted by Crippen LogP contribution is -2.19. The number of hydrogen-bond acceptors (Lipinski definition) is 3. The highest BCUT2D eigenvalue weighted by Gasteiger charge is 2.35. The van der Waals surface area contributed by atoms with Crippen LogP contribution < -0.4 is 0 Å². The van der Waals surface area contributed by atoms with Crippen LogP contribution in [0, 0.1) is 11.8 Å². The van der Waals surface area contributed by atoms with Crippen LogP contribution in [0.1, 0.15) is 32.1 Å². The first-order chi connectivity index (χ1) is 7.27. The molecule has 0 N–H and O–H groups in total. The van der Waals surface area contributed by atoms with E-state index < -0.39 is 0 Å². The Morgan fingerprint density at radius 1 is 1.27 bits per heavy atom. The molecule has 1 heterocycles. The summed E-state index contributed by atoms with van der Waals surface area (Å²) in [7, 11) is 0. The lowest BCUT2D eigenvalue weighted by Gasteiger charge is -2.17. The molecule has 0 aromatic carbocycles. The molecule has 0 saturated heterocycles. The van der Waals surface area contributed by atoms with Crippen molar-refractivity contribution in [2.75, 3.05) is 6.61 Å². The fraction of sp³-hybridized carbons (Fsp3) is 0.667. The molecule has 0 aromatic heterocycles. The Morgan fingerprint density at radius 2 is 2.13 bits per heavy atom. The maximum atomic E-state index is 11.6. The smallest absolute Gasteiger partial charge is 0.306 e. The standard InChI is InChI=1S/C12H16O3/c13-11-6-5-9-8-12(14)15-7-3-1-2-4-10(9)11/h1-2,9-10H,3-8H2/b2-1-. The van der Waals surface area contributed by atoms with Gasteiger partial charge in [0.1, 0.15) is 5.78 Å². The van der Waals surface area contributed by atoms with Crippen molar-refractivity contribution in [1.29, 1.82) is 0 Å². The van der Waals surface area contributed by atoms with Crippen LogP contribution in [-0.4, -0.2) is 18.4 Å². The molecule has 1 aliphatic carbocycles. The second-order valence-corrected chi connectivity index (χ2v) is 4.29. The summed E-state index contributed by atoms with van der Waals surface area (Å²) in [4.78, 5) is 23.0. The van der Waals surface area contributed by atoms with Crippen LogP contribution in [0.5, 0.6) is 0 Å². The van der Waals surface area contributed by atoms with Crippen LogP contribution in [0.4, 0.5) is 0 Å². The molecule has 1 saturated carbocycles. The lowest BCUT2D eigenvalue weighted by atomic mass is 9.89. The Bertz CT molecular complexity index is 293. The maximum Gasteiger partial charge on any atom is 0.306 e. The molecule has 1 fully saturated rings. The third-order valence-electron chi connectivity index (χ3n) is 3.28. The zero-order valence-electron chi connectivity index (χ0n) is 8.78. The van der Waals surface area contributed by atoms with Crippen molar-refractivity contribution < 1.29 is 14.3 Å². The van der Waals surface area contributed by atoms with Gasteiger partial charge in [-0.15, -0.1) is 0 Å². The topological polar surface area (TPSA) is 43.4 Å². The molecule has 2 unspecified atom stereocenters. The lowest BCUT2D eigenvalue weighted by molar-refractivity contribution is -0.145. The second kappa shape index (κ2) is 4.60. The number of cyclic esters (lactones) is 1. The summed E-state index contributed by atoms with van der Waals surface area (Å²) in [6.07, 6.45) is 7.53. The van der Waals surface area contributed by atoms with Crippen LogP contribution in [0.2, 0.25) is 0 Å². The van der Waals surface area contributed by atoms with Crippen molar-refractivity contribution in [3.05, 3.63) is 12.2 Å². The molecule has 0 radical (unpaired) electrons. The van der Waals surface area contributed by atoms with E-state index in [9.17, 15) is 9.59 Å². The van der Waals surface area contributed by atoms with Gasteiger partial charge in [-0.05, 0) is 25.2 Å². The SMILES string of the molecule is O=C1CC2CCC(=O)C2C/C=C\CCO1. The summed E-state index contributed by atoms with van der Waals surface area (Å²) < 4.78 is 5.06. The van der Waals surface area contributed by atoms with E-state index in [2.05, 4.69) is 6.08 Å². The number of esters is 1. The van der Waals surface area contributed by atoms with Gasteiger partial charge in [0, 0.05) is 18.8 Å². The van der Waals surface area contributed by atoms with Gasteiger partial charge in [-0.2, -0.15) is 0 Å². The summed E-state index contributed by atoms with van der Waals surface area (Å²) in [6, 6.07) is 0. The maximum absolute atomic E-state index is 11.6. The third-order valence-corrected chi connectivity index (χ3v) is 3.28. The molecule has 0 aromatic rings. The normalized spacial score (nSPS) is 34.4. The van der Waals surface area contributed by atoms with Gasteiger partial charge in [0.15, 0.2) is 0 Å². The molecule has 0 amide bonds. The Balaban J connectivity index is 2.08. The number of rotatable bonds is 0. The molecule has 1 aliphatic heterocycles. The molecule has 2 rings (SSSR count). The van der Waals surface area contributed by atoms with E-state index in [1.54, 1.807) is 0 Å². The van der Waals surface area contributed by atoms with Gasteiger partial charge in [0.25, 0.3) is 0 Å². The molecule has 0 bridgehead atoms. The average Bonchev–Trinajstić information content (AvgIpc) is 2.55. The van der Waals surface area contributed by atoms with Gasteiger partial charge in [0.05, 0.1) is 6.61 Å². The van der Waals surface area contributed by atoms with Crippen molar-refractivity contribution in [3.8, 4) is 0 Å². The van der Waals surface area contributed by atoms with Crippen LogP contribution >= 0.6 is 0 Å². The molecule has 2 aliphatic rings. The molecular weight excluding hydrogens is 192 g/mol. The number of carbonyl (C=O) groups excluding carboxylic acids is 2. The third kappa shape index (κ3) is 2.46. The van der Waals surface area contributed by atoms with Gasteiger partial charge < -0.3 is 4.74 Å². The minimum absolute atomic E-state index is 0.0619. The molecule has 15 heavy (non-hydrogen) atoms. The van der Waals surface area contributed by atoms with Crippen LogP contribution in [0.15, 0.2) is 12.2 Å². The zero-order valence-corrected chi connectivity index (χ0v) is 8.78. The fourth-order valence-electron chi connectivity index (χ4n) is 2.42. The number of Topliss-reactive ketones (excluding diaryl/α,β-unsaturated/α-hetero) is 1. The Labute approximate surface area is 89.5 Å². The number of allylic oxidation sites excluding steroid dienone is 1. The van der Waals surface area contributed by atoms with E-state index in [0.717, 1.165) is 19.3 Å². The van der Waals surface area contributed by atoms with Crippen molar-refractivity contribution in [1.82, 2.24) is 0 Å². The minimum Gasteiger partial charge on any atom is -0.465 e.